The minimum atomic E-state index is -4.94. The van der Waals surface area contributed by atoms with Crippen molar-refractivity contribution < 1.29 is 22.4 Å². The van der Waals surface area contributed by atoms with Crippen molar-refractivity contribution in [2.45, 2.75) is 25.0 Å². The maximum Gasteiger partial charge on any atom is 0.451 e. The topological polar surface area (TPSA) is 112 Å². The lowest BCUT2D eigenvalue weighted by Crippen LogP contribution is -2.18. The number of aryl methyl sites for hydroxylation is 2. The zero-order chi connectivity index (χ0) is 30.2. The highest BCUT2D eigenvalue weighted by Gasteiger charge is 2.38. The molecule has 3 heterocycles. The Kier molecular flexibility index (Phi) is 7.69. The molecule has 5 rings (SSSR count). The second kappa shape index (κ2) is 11.2. The fraction of sp³-hybridized carbons (Fsp3) is 0.138. The van der Waals surface area contributed by atoms with Crippen molar-refractivity contribution in [3.05, 3.63) is 95.3 Å². The standard InChI is InChI=1S/C29H23F4N7OS/c1-15-4-9-20(14-16(15)2)36-26(41)22-24(34)40(39-27(22)42-3)25-21(17-5-7-19(30)8-6-17)23(18-10-12-35-13-11-18)37-28(38-25)29(31,32)33/h4-14H,34H2,1-3H3,(H,36,41). The van der Waals surface area contributed by atoms with Gasteiger partial charge in [-0.25, -0.2) is 14.4 Å². The number of benzene rings is 2. The number of pyridine rings is 1. The molecule has 3 aromatic heterocycles. The van der Waals surface area contributed by atoms with E-state index in [0.29, 0.717) is 16.8 Å². The molecule has 0 aliphatic rings. The third kappa shape index (κ3) is 5.55. The lowest BCUT2D eigenvalue weighted by Gasteiger charge is -2.17. The first kappa shape index (κ1) is 28.7. The molecule has 0 saturated heterocycles. The summed E-state index contributed by atoms with van der Waals surface area (Å²) in [6.07, 6.45) is -0.473. The number of nitrogen functional groups attached to an aromatic ring is 1. The van der Waals surface area contributed by atoms with Crippen LogP contribution in [0.15, 0.2) is 72.0 Å². The third-order valence-electron chi connectivity index (χ3n) is 6.50. The van der Waals surface area contributed by atoms with E-state index < -0.39 is 23.7 Å². The number of thioether (sulfide) groups is 1. The van der Waals surface area contributed by atoms with E-state index in [2.05, 4.69) is 25.4 Å². The zero-order valence-electron chi connectivity index (χ0n) is 22.5. The van der Waals surface area contributed by atoms with Crippen molar-refractivity contribution >= 4 is 29.2 Å². The molecule has 0 bridgehead atoms. The first-order chi connectivity index (χ1) is 20.0. The van der Waals surface area contributed by atoms with Crippen molar-refractivity contribution in [1.82, 2.24) is 24.7 Å². The number of carbonyl (C=O) groups is 1. The number of amides is 1. The molecule has 0 spiro atoms. The summed E-state index contributed by atoms with van der Waals surface area (Å²) in [7, 11) is 0. The Balaban J connectivity index is 1.77. The van der Waals surface area contributed by atoms with Crippen LogP contribution in [0.1, 0.15) is 27.3 Å². The van der Waals surface area contributed by atoms with Crippen LogP contribution >= 0.6 is 11.8 Å². The average Bonchev–Trinajstić information content (AvgIpc) is 3.31. The second-order valence-electron chi connectivity index (χ2n) is 9.27. The zero-order valence-corrected chi connectivity index (χ0v) is 23.3. The summed E-state index contributed by atoms with van der Waals surface area (Å²) in [5.74, 6) is -3.18. The molecule has 0 aliphatic heterocycles. The number of nitrogens with two attached hydrogens (primary N) is 1. The Morgan fingerprint density at radius 2 is 1.64 bits per heavy atom. The van der Waals surface area contributed by atoms with E-state index >= 15 is 0 Å². The molecular weight excluding hydrogens is 570 g/mol. The van der Waals surface area contributed by atoms with Crippen molar-refractivity contribution in [3.8, 4) is 28.2 Å². The smallest absolute Gasteiger partial charge is 0.383 e. The van der Waals surface area contributed by atoms with E-state index in [4.69, 9.17) is 5.73 Å². The summed E-state index contributed by atoms with van der Waals surface area (Å²) in [5, 5.41) is 7.35. The van der Waals surface area contributed by atoms with Gasteiger partial charge in [0.1, 0.15) is 22.2 Å². The van der Waals surface area contributed by atoms with Gasteiger partial charge in [-0.3, -0.25) is 9.78 Å². The molecule has 5 aromatic rings. The number of nitrogens with one attached hydrogen (secondary N) is 1. The molecule has 13 heteroatoms. The van der Waals surface area contributed by atoms with E-state index in [0.717, 1.165) is 39.7 Å². The molecule has 8 nitrogen and oxygen atoms in total. The number of anilines is 2. The van der Waals surface area contributed by atoms with Gasteiger partial charge < -0.3 is 11.1 Å². The van der Waals surface area contributed by atoms with Crippen LogP contribution in [0.2, 0.25) is 0 Å². The Morgan fingerprint density at radius 1 is 0.952 bits per heavy atom. The van der Waals surface area contributed by atoms with Crippen LogP contribution in [-0.4, -0.2) is 36.9 Å². The first-order valence-corrected chi connectivity index (χ1v) is 13.7. The molecule has 0 fully saturated rings. The predicted octanol–water partition coefficient (Wildman–Crippen LogP) is 6.72. The summed E-state index contributed by atoms with van der Waals surface area (Å²) in [6.45, 7) is 3.83. The molecule has 2 aromatic carbocycles. The molecule has 0 saturated carbocycles. The van der Waals surface area contributed by atoms with Crippen LogP contribution in [0.5, 0.6) is 0 Å². The first-order valence-electron chi connectivity index (χ1n) is 12.4. The summed E-state index contributed by atoms with van der Waals surface area (Å²) in [4.78, 5) is 25.1. The lowest BCUT2D eigenvalue weighted by atomic mass is 10.00. The van der Waals surface area contributed by atoms with Gasteiger partial charge in [-0.1, -0.05) is 18.2 Å². The van der Waals surface area contributed by atoms with Crippen LogP contribution in [-0.2, 0) is 6.18 Å². The molecule has 0 aliphatic carbocycles. The summed E-state index contributed by atoms with van der Waals surface area (Å²) < 4.78 is 57.3. The number of nitrogens with zero attached hydrogens (tertiary/aromatic N) is 5. The monoisotopic (exact) mass is 593 g/mol. The summed E-state index contributed by atoms with van der Waals surface area (Å²) in [6, 6.07) is 13.4. The lowest BCUT2D eigenvalue weighted by molar-refractivity contribution is -0.144. The predicted molar refractivity (Wildman–Crippen MR) is 153 cm³/mol. The van der Waals surface area contributed by atoms with Gasteiger partial charge in [0.2, 0.25) is 5.82 Å². The van der Waals surface area contributed by atoms with E-state index in [-0.39, 0.29) is 33.5 Å². The van der Waals surface area contributed by atoms with Crippen LogP contribution in [0.25, 0.3) is 28.2 Å². The fourth-order valence-electron chi connectivity index (χ4n) is 4.27. The SMILES string of the molecule is CSc1nn(-c2nc(C(F)(F)F)nc(-c3ccncc3)c2-c2ccc(F)cc2)c(N)c1C(=O)Nc1ccc(C)c(C)c1. The van der Waals surface area contributed by atoms with Crippen LogP contribution in [0.4, 0.5) is 29.1 Å². The molecule has 214 valence electrons. The van der Waals surface area contributed by atoms with E-state index in [1.165, 1.54) is 36.7 Å². The van der Waals surface area contributed by atoms with Crippen molar-refractivity contribution in [3.63, 3.8) is 0 Å². The number of alkyl halides is 3. The largest absolute Gasteiger partial charge is 0.451 e. The minimum Gasteiger partial charge on any atom is -0.383 e. The highest BCUT2D eigenvalue weighted by Crippen LogP contribution is 2.40. The van der Waals surface area contributed by atoms with Crippen LogP contribution in [0.3, 0.4) is 0 Å². The van der Waals surface area contributed by atoms with E-state index in [1.807, 2.05) is 19.9 Å². The highest BCUT2D eigenvalue weighted by molar-refractivity contribution is 7.98. The highest BCUT2D eigenvalue weighted by atomic mass is 32.2. The quantitative estimate of drug-likeness (QED) is 0.166. The van der Waals surface area contributed by atoms with Gasteiger partial charge in [-0.2, -0.15) is 23.0 Å². The van der Waals surface area contributed by atoms with Gasteiger partial charge >= 0.3 is 6.18 Å². The number of rotatable bonds is 6. The van der Waals surface area contributed by atoms with Gasteiger partial charge in [0.25, 0.3) is 5.91 Å². The second-order valence-corrected chi connectivity index (χ2v) is 10.1. The number of aromatic nitrogens is 5. The van der Waals surface area contributed by atoms with Gasteiger partial charge in [0, 0.05) is 23.6 Å². The van der Waals surface area contributed by atoms with Crippen LogP contribution < -0.4 is 11.1 Å². The summed E-state index contributed by atoms with van der Waals surface area (Å²) in [5.41, 5.74) is 9.49. The van der Waals surface area contributed by atoms with Gasteiger partial charge in [0.05, 0.1) is 11.3 Å². The Hall–Kier alpha value is -4.78. The molecule has 3 N–H and O–H groups in total. The number of halogens is 4. The fourth-order valence-corrected chi connectivity index (χ4v) is 4.84. The van der Waals surface area contributed by atoms with Gasteiger partial charge in [-0.15, -0.1) is 11.8 Å². The average molecular weight is 594 g/mol. The summed E-state index contributed by atoms with van der Waals surface area (Å²) >= 11 is 1.09. The third-order valence-corrected chi connectivity index (χ3v) is 7.18. The molecule has 1 amide bonds. The molecular formula is C29H23F4N7OS. The number of carbonyl (C=O) groups excluding carboxylic acids is 1. The molecule has 42 heavy (non-hydrogen) atoms. The Labute approximate surface area is 242 Å². The normalized spacial score (nSPS) is 11.5. The minimum absolute atomic E-state index is 0.0385. The van der Waals surface area contributed by atoms with E-state index in [9.17, 15) is 22.4 Å². The van der Waals surface area contributed by atoms with Crippen molar-refractivity contribution in [2.24, 2.45) is 0 Å². The van der Waals surface area contributed by atoms with Crippen molar-refractivity contribution in [2.75, 3.05) is 17.3 Å². The molecule has 0 unspecified atom stereocenters. The van der Waals surface area contributed by atoms with Crippen LogP contribution in [0, 0.1) is 19.7 Å². The van der Waals surface area contributed by atoms with Gasteiger partial charge in [-0.05, 0) is 73.2 Å². The maximum atomic E-state index is 14.1. The molecule has 0 radical (unpaired) electrons. The Bertz CT molecular complexity index is 1790. The van der Waals surface area contributed by atoms with Gasteiger partial charge in [0.15, 0.2) is 5.82 Å². The maximum absolute atomic E-state index is 14.1. The van der Waals surface area contributed by atoms with E-state index in [1.54, 1.807) is 18.4 Å². The van der Waals surface area contributed by atoms with Crippen molar-refractivity contribution in [1.29, 1.82) is 0 Å². The number of hydrogen-bond acceptors (Lipinski definition) is 7. The Morgan fingerprint density at radius 3 is 2.26 bits per heavy atom. The molecule has 0 atom stereocenters. The number of hydrogen-bond donors (Lipinski definition) is 2.